The summed E-state index contributed by atoms with van der Waals surface area (Å²) in [5.41, 5.74) is 1.48. The van der Waals surface area contributed by atoms with Gasteiger partial charge in [0.25, 0.3) is 0 Å². The molecule has 0 aromatic heterocycles. The van der Waals surface area contributed by atoms with Gasteiger partial charge in [-0.3, -0.25) is 4.90 Å². The minimum atomic E-state index is 0.0273. The maximum atomic E-state index is 9.53. The standard InChI is InChI=1S/C35H59NO2S/c1-7-15-35(29-32(9-3)28-31(5)17-13-16-30(4)8-2)38-25-14-19-34(21-24-37)36(6)23-20-33-18-11-10-12-26-39-27-22-33/h7,10,12-13,15-16,21-22,24,27,29-31,33-35,37H,8-9,11,14,17-20,23,25-26,28H2,1-6H3/b12-10?,15-7?,16-13?,24-21-,27-22?,32-29+. The van der Waals surface area contributed by atoms with E-state index in [2.05, 4.69) is 101 Å². The average Bonchev–Trinajstić information content (AvgIpc) is 3.06. The average molecular weight is 558 g/mol. The van der Waals surface area contributed by atoms with Crippen LogP contribution in [0.3, 0.4) is 0 Å². The number of nitrogens with zero attached hydrogens (tertiary/aromatic N) is 1. The third kappa shape index (κ3) is 17.7. The highest BCUT2D eigenvalue weighted by atomic mass is 32.2. The Hall–Kier alpha value is -1.49. The van der Waals surface area contributed by atoms with Crippen LogP contribution in [0.1, 0.15) is 92.4 Å². The molecule has 0 spiro atoms. The maximum Gasteiger partial charge on any atom is 0.0939 e. The molecule has 5 unspecified atom stereocenters. The molecule has 0 saturated heterocycles. The lowest BCUT2D eigenvalue weighted by atomic mass is 9.94. The van der Waals surface area contributed by atoms with Crippen molar-refractivity contribution in [3.63, 3.8) is 0 Å². The van der Waals surface area contributed by atoms with Crippen LogP contribution in [0.4, 0.5) is 0 Å². The van der Waals surface area contributed by atoms with Crippen molar-refractivity contribution in [2.75, 3.05) is 26.0 Å². The Balaban J connectivity index is 2.56. The van der Waals surface area contributed by atoms with E-state index < -0.39 is 0 Å². The zero-order valence-electron chi connectivity index (χ0n) is 25.9. The Bertz CT molecular complexity index is 782. The first-order chi connectivity index (χ1) is 18.9. The molecule has 222 valence electrons. The summed E-state index contributed by atoms with van der Waals surface area (Å²) < 4.78 is 6.32. The van der Waals surface area contributed by atoms with Crippen LogP contribution in [0.2, 0.25) is 0 Å². The fourth-order valence-corrected chi connectivity index (χ4v) is 5.53. The molecule has 1 heterocycles. The maximum absolute atomic E-state index is 9.53. The molecule has 4 heteroatoms. The Morgan fingerprint density at radius 2 is 2.00 bits per heavy atom. The third-order valence-electron chi connectivity index (χ3n) is 7.69. The number of ether oxygens (including phenoxy) is 1. The minimum absolute atomic E-state index is 0.0273. The molecule has 0 aliphatic carbocycles. The predicted octanol–water partition coefficient (Wildman–Crippen LogP) is 10.1. The van der Waals surface area contributed by atoms with Crippen molar-refractivity contribution in [2.24, 2.45) is 17.8 Å². The van der Waals surface area contributed by atoms with Crippen LogP contribution in [0.5, 0.6) is 0 Å². The quantitative estimate of drug-likeness (QED) is 0.0973. The summed E-state index contributed by atoms with van der Waals surface area (Å²) in [5, 5.41) is 11.8. The van der Waals surface area contributed by atoms with Crippen molar-refractivity contribution < 1.29 is 9.84 Å². The Morgan fingerprint density at radius 1 is 1.18 bits per heavy atom. The van der Waals surface area contributed by atoms with E-state index in [-0.39, 0.29) is 12.1 Å². The molecule has 1 N–H and O–H groups in total. The number of allylic oxidation sites excluding steroid dienone is 6. The summed E-state index contributed by atoms with van der Waals surface area (Å²) in [5.74, 6) is 3.00. The Morgan fingerprint density at radius 3 is 2.72 bits per heavy atom. The fourth-order valence-electron chi connectivity index (χ4n) is 4.84. The van der Waals surface area contributed by atoms with Gasteiger partial charge in [0.15, 0.2) is 0 Å². The molecular weight excluding hydrogens is 498 g/mol. The normalized spacial score (nSPS) is 20.5. The van der Waals surface area contributed by atoms with Gasteiger partial charge in [0.1, 0.15) is 0 Å². The second-order valence-corrected chi connectivity index (χ2v) is 12.1. The van der Waals surface area contributed by atoms with Crippen molar-refractivity contribution in [2.45, 2.75) is 105 Å². The number of aliphatic hydroxyl groups is 1. The van der Waals surface area contributed by atoms with E-state index in [1.807, 2.05) is 17.8 Å². The van der Waals surface area contributed by atoms with Crippen LogP contribution >= 0.6 is 11.8 Å². The van der Waals surface area contributed by atoms with Crippen LogP contribution in [0, 0.1) is 17.8 Å². The summed E-state index contributed by atoms with van der Waals surface area (Å²) in [4.78, 5) is 2.38. The highest BCUT2D eigenvalue weighted by Gasteiger charge is 2.15. The van der Waals surface area contributed by atoms with Gasteiger partial charge in [-0.15, -0.1) is 11.8 Å². The second-order valence-electron chi connectivity index (χ2n) is 11.2. The number of hydrogen-bond donors (Lipinski definition) is 1. The van der Waals surface area contributed by atoms with E-state index in [4.69, 9.17) is 4.74 Å². The largest absolute Gasteiger partial charge is 0.516 e. The lowest BCUT2D eigenvalue weighted by Crippen LogP contribution is -2.32. The lowest BCUT2D eigenvalue weighted by molar-refractivity contribution is 0.105. The van der Waals surface area contributed by atoms with Crippen molar-refractivity contribution in [1.82, 2.24) is 4.90 Å². The molecule has 0 amide bonds. The number of likely N-dealkylation sites (N-methyl/N-ethyl adjacent to an activating group) is 1. The zero-order chi connectivity index (χ0) is 28.7. The number of hydrogen-bond acceptors (Lipinski definition) is 4. The fraction of sp³-hybridized carbons (Fsp3) is 0.657. The molecule has 1 rings (SSSR count). The van der Waals surface area contributed by atoms with Gasteiger partial charge in [0.2, 0.25) is 0 Å². The lowest BCUT2D eigenvalue weighted by Gasteiger charge is -2.27. The van der Waals surface area contributed by atoms with Gasteiger partial charge in [0.05, 0.1) is 12.4 Å². The van der Waals surface area contributed by atoms with E-state index in [1.54, 1.807) is 0 Å². The molecule has 3 nitrogen and oxygen atoms in total. The highest BCUT2D eigenvalue weighted by Crippen LogP contribution is 2.22. The van der Waals surface area contributed by atoms with Crippen LogP contribution in [-0.4, -0.2) is 48.1 Å². The summed E-state index contributed by atoms with van der Waals surface area (Å²) in [7, 11) is 2.18. The van der Waals surface area contributed by atoms with Gasteiger partial charge < -0.3 is 9.84 Å². The summed E-state index contributed by atoms with van der Waals surface area (Å²) in [6, 6.07) is 0.222. The smallest absolute Gasteiger partial charge is 0.0939 e. The summed E-state index contributed by atoms with van der Waals surface area (Å²) in [6.45, 7) is 12.9. The van der Waals surface area contributed by atoms with Crippen LogP contribution in [0.15, 0.2) is 71.9 Å². The van der Waals surface area contributed by atoms with E-state index >= 15 is 0 Å². The molecule has 0 radical (unpaired) electrons. The Kier molecular flexibility index (Phi) is 21.2. The van der Waals surface area contributed by atoms with Gasteiger partial charge in [-0.2, -0.15) is 0 Å². The molecule has 0 saturated carbocycles. The van der Waals surface area contributed by atoms with Crippen LogP contribution < -0.4 is 0 Å². The number of rotatable bonds is 19. The number of aliphatic hydroxyl groups excluding tert-OH is 1. The van der Waals surface area contributed by atoms with Crippen molar-refractivity contribution >= 4 is 11.8 Å². The van der Waals surface area contributed by atoms with Gasteiger partial charge in [0, 0.05) is 18.4 Å². The molecule has 1 aliphatic rings. The predicted molar refractivity (Wildman–Crippen MR) is 175 cm³/mol. The topological polar surface area (TPSA) is 32.7 Å². The van der Waals surface area contributed by atoms with Gasteiger partial charge in [-0.25, -0.2) is 0 Å². The minimum Gasteiger partial charge on any atom is -0.516 e. The van der Waals surface area contributed by atoms with Crippen LogP contribution in [0.25, 0.3) is 0 Å². The Labute approximate surface area is 246 Å². The molecule has 0 aromatic carbocycles. The zero-order valence-corrected chi connectivity index (χ0v) is 26.8. The first-order valence-electron chi connectivity index (χ1n) is 15.5. The summed E-state index contributed by atoms with van der Waals surface area (Å²) >= 11 is 1.88. The molecule has 0 fully saturated rings. The first kappa shape index (κ1) is 35.5. The molecule has 1 aliphatic heterocycles. The third-order valence-corrected chi connectivity index (χ3v) is 8.42. The van der Waals surface area contributed by atoms with E-state index in [0.717, 1.165) is 57.2 Å². The molecule has 0 bridgehead atoms. The molecule has 39 heavy (non-hydrogen) atoms. The van der Waals surface area contributed by atoms with Crippen molar-refractivity contribution in [3.8, 4) is 0 Å². The summed E-state index contributed by atoms with van der Waals surface area (Å²) in [6.07, 6.45) is 31.5. The monoisotopic (exact) mass is 557 g/mol. The van der Waals surface area contributed by atoms with Crippen molar-refractivity contribution in [1.29, 1.82) is 0 Å². The number of thioether (sulfide) groups is 1. The highest BCUT2D eigenvalue weighted by molar-refractivity contribution is 8.02. The first-order valence-corrected chi connectivity index (χ1v) is 16.5. The SMILES string of the molecule is CC=CC(/C=C(\CC)CC(C)CC=CC(C)CC)OCCCC(/C=C\O)N(C)CCC1C=CSCC=CCC1. The van der Waals surface area contributed by atoms with Crippen molar-refractivity contribution in [3.05, 3.63) is 71.9 Å². The molecule has 5 atom stereocenters. The molecular formula is C35H59NO2S. The molecule has 0 aromatic rings. The van der Waals surface area contributed by atoms with Gasteiger partial charge >= 0.3 is 0 Å². The van der Waals surface area contributed by atoms with Crippen LogP contribution in [-0.2, 0) is 4.74 Å². The second kappa shape index (κ2) is 23.2. The van der Waals surface area contributed by atoms with Gasteiger partial charge in [-0.1, -0.05) is 88.3 Å². The van der Waals surface area contributed by atoms with E-state index in [0.29, 0.717) is 24.4 Å². The van der Waals surface area contributed by atoms with E-state index in [9.17, 15) is 5.11 Å². The van der Waals surface area contributed by atoms with E-state index in [1.165, 1.54) is 24.7 Å². The van der Waals surface area contributed by atoms with Gasteiger partial charge in [-0.05, 0) is 101 Å².